The third kappa shape index (κ3) is 2.72. The zero-order chi connectivity index (χ0) is 18.1. The first-order chi connectivity index (χ1) is 11.9. The molecule has 2 amide bonds. The lowest BCUT2D eigenvalue weighted by atomic mass is 10.0. The van der Waals surface area contributed by atoms with E-state index in [1.54, 1.807) is 36.4 Å². The molecule has 1 heterocycles. The quantitative estimate of drug-likeness (QED) is 0.637. The highest BCUT2D eigenvalue weighted by molar-refractivity contribution is 6.21. The van der Waals surface area contributed by atoms with Gasteiger partial charge in [-0.25, -0.2) is 9.36 Å². The van der Waals surface area contributed by atoms with E-state index < -0.39 is 17.8 Å². The summed E-state index contributed by atoms with van der Waals surface area (Å²) in [6.07, 6.45) is 0. The average molecular weight is 337 g/mol. The highest BCUT2D eigenvalue weighted by Crippen LogP contribution is 2.34. The van der Waals surface area contributed by atoms with Crippen LogP contribution < -0.4 is 11.1 Å². The Labute approximate surface area is 142 Å². The minimum absolute atomic E-state index is 0.177. The number of primary amides is 1. The molecule has 7 nitrogen and oxygen atoms in total. The first-order valence-electron chi connectivity index (χ1n) is 7.45. The lowest BCUT2D eigenvalue weighted by Crippen LogP contribution is -2.19. The van der Waals surface area contributed by atoms with E-state index in [4.69, 9.17) is 5.73 Å². The summed E-state index contributed by atoms with van der Waals surface area (Å²) in [6.45, 7) is 1.34. The van der Waals surface area contributed by atoms with Crippen LogP contribution in [-0.2, 0) is 0 Å². The molecule has 1 aromatic heterocycles. The summed E-state index contributed by atoms with van der Waals surface area (Å²) in [6, 6.07) is 12.2. The van der Waals surface area contributed by atoms with Crippen molar-refractivity contribution in [2.45, 2.75) is 6.92 Å². The van der Waals surface area contributed by atoms with Gasteiger partial charge in [-0.15, -0.1) is 0 Å². The third-order valence-corrected chi connectivity index (χ3v) is 3.83. The average Bonchev–Trinajstić information content (AvgIpc) is 2.87. The predicted molar refractivity (Wildman–Crippen MR) is 93.0 cm³/mol. The zero-order valence-corrected chi connectivity index (χ0v) is 13.3. The van der Waals surface area contributed by atoms with Crippen molar-refractivity contribution >= 4 is 34.3 Å². The van der Waals surface area contributed by atoms with Gasteiger partial charge in [0.1, 0.15) is 5.56 Å². The Bertz CT molecular complexity index is 1010. The fourth-order valence-electron chi connectivity index (χ4n) is 2.77. The van der Waals surface area contributed by atoms with Crippen molar-refractivity contribution in [2.75, 3.05) is 5.32 Å². The van der Waals surface area contributed by atoms with Crippen molar-refractivity contribution < 1.29 is 19.5 Å². The molecule has 0 bridgehead atoms. The maximum absolute atomic E-state index is 12.7. The number of hydrogen-bond donors (Lipinski definition) is 3. The summed E-state index contributed by atoms with van der Waals surface area (Å²) in [5.41, 5.74) is 6.05. The van der Waals surface area contributed by atoms with Crippen molar-refractivity contribution in [1.29, 1.82) is 0 Å². The van der Waals surface area contributed by atoms with Crippen LogP contribution in [0.25, 0.3) is 10.9 Å². The van der Waals surface area contributed by atoms with E-state index in [1.807, 2.05) is 0 Å². The van der Waals surface area contributed by atoms with E-state index in [2.05, 4.69) is 5.32 Å². The number of hydrogen-bond acceptors (Lipinski definition) is 4. The van der Waals surface area contributed by atoms with Gasteiger partial charge in [-0.05, 0) is 25.1 Å². The summed E-state index contributed by atoms with van der Waals surface area (Å²) in [5, 5.41) is 13.2. The molecule has 4 N–H and O–H groups in total. The number of para-hydroxylation sites is 1. The largest absolute Gasteiger partial charge is 0.494 e. The summed E-state index contributed by atoms with van der Waals surface area (Å²) in [4.78, 5) is 36.4. The first kappa shape index (κ1) is 16.3. The molecule has 0 spiro atoms. The maximum atomic E-state index is 12.7. The second-order valence-electron chi connectivity index (χ2n) is 5.45. The van der Waals surface area contributed by atoms with Crippen molar-refractivity contribution in [3.8, 4) is 5.88 Å². The Hall–Kier alpha value is -3.61. The highest BCUT2D eigenvalue weighted by atomic mass is 16.3. The summed E-state index contributed by atoms with van der Waals surface area (Å²) in [5.74, 6) is -1.56. The standard InChI is InChI=1S/C18H15N3O4/c1-10(22)12-8-5-9-13-14(12)15(17(24)21(13)18(19)25)16(23)20-11-6-3-2-4-7-11/h2-9,24H,1H3,(H2,19,25)(H,20,23). The predicted octanol–water partition coefficient (Wildman–Crippen LogP) is 2.73. The SMILES string of the molecule is CC(=O)c1cccc2c1c(C(=O)Nc1ccccc1)c(O)n2C(N)=O. The van der Waals surface area contributed by atoms with Crippen LogP contribution >= 0.6 is 0 Å². The van der Waals surface area contributed by atoms with Gasteiger partial charge >= 0.3 is 6.03 Å². The summed E-state index contributed by atoms with van der Waals surface area (Å²) in [7, 11) is 0. The summed E-state index contributed by atoms with van der Waals surface area (Å²) >= 11 is 0. The van der Waals surface area contributed by atoms with Crippen molar-refractivity contribution in [2.24, 2.45) is 5.73 Å². The maximum Gasteiger partial charge on any atom is 0.326 e. The first-order valence-corrected chi connectivity index (χ1v) is 7.45. The van der Waals surface area contributed by atoms with E-state index in [1.165, 1.54) is 19.1 Å². The number of carbonyl (C=O) groups is 3. The number of aromatic hydroxyl groups is 1. The van der Waals surface area contributed by atoms with Gasteiger partial charge in [-0.1, -0.05) is 30.3 Å². The Morgan fingerprint density at radius 2 is 1.72 bits per heavy atom. The number of amides is 2. The topological polar surface area (TPSA) is 114 Å². The molecule has 0 radical (unpaired) electrons. The van der Waals surface area contributed by atoms with Crippen molar-refractivity contribution in [3.05, 3.63) is 59.7 Å². The van der Waals surface area contributed by atoms with Crippen LogP contribution in [0.4, 0.5) is 10.5 Å². The molecule has 126 valence electrons. The van der Waals surface area contributed by atoms with Gasteiger partial charge in [-0.3, -0.25) is 9.59 Å². The Morgan fingerprint density at radius 3 is 2.32 bits per heavy atom. The van der Waals surface area contributed by atoms with E-state index in [9.17, 15) is 19.5 Å². The zero-order valence-electron chi connectivity index (χ0n) is 13.3. The third-order valence-electron chi connectivity index (χ3n) is 3.83. The van der Waals surface area contributed by atoms with Gasteiger partial charge in [-0.2, -0.15) is 0 Å². The molecule has 0 aliphatic heterocycles. The van der Waals surface area contributed by atoms with E-state index in [0.717, 1.165) is 4.57 Å². The number of nitrogens with one attached hydrogen (secondary N) is 1. The minimum atomic E-state index is -0.957. The van der Waals surface area contributed by atoms with Crippen LogP contribution in [0.3, 0.4) is 0 Å². The molecular weight excluding hydrogens is 322 g/mol. The molecule has 25 heavy (non-hydrogen) atoms. The van der Waals surface area contributed by atoms with Gasteiger partial charge in [0.2, 0.25) is 5.88 Å². The molecule has 0 unspecified atom stereocenters. The molecule has 2 aromatic carbocycles. The normalized spacial score (nSPS) is 10.6. The number of anilines is 1. The van der Waals surface area contributed by atoms with Crippen LogP contribution in [0.1, 0.15) is 27.6 Å². The number of fused-ring (bicyclic) bond motifs is 1. The van der Waals surface area contributed by atoms with Gasteiger partial charge in [0, 0.05) is 16.6 Å². The summed E-state index contributed by atoms with van der Waals surface area (Å²) < 4.78 is 0.807. The second-order valence-corrected chi connectivity index (χ2v) is 5.45. The Kier molecular flexibility index (Phi) is 3.98. The highest BCUT2D eigenvalue weighted by Gasteiger charge is 2.27. The number of rotatable bonds is 3. The molecule has 0 fully saturated rings. The molecule has 0 saturated heterocycles. The number of aromatic nitrogens is 1. The van der Waals surface area contributed by atoms with Crippen molar-refractivity contribution in [1.82, 2.24) is 4.57 Å². The van der Waals surface area contributed by atoms with Crippen LogP contribution in [-0.4, -0.2) is 27.4 Å². The van der Waals surface area contributed by atoms with E-state index in [-0.39, 0.29) is 27.8 Å². The van der Waals surface area contributed by atoms with E-state index >= 15 is 0 Å². The number of benzene rings is 2. The molecule has 7 heteroatoms. The molecule has 3 aromatic rings. The molecule has 3 rings (SSSR count). The van der Waals surface area contributed by atoms with Gasteiger partial charge in [0.05, 0.1) is 5.52 Å². The second kappa shape index (κ2) is 6.12. The lowest BCUT2D eigenvalue weighted by molar-refractivity contribution is 0.101. The molecular formula is C18H15N3O4. The van der Waals surface area contributed by atoms with Crippen LogP contribution in [0.2, 0.25) is 0 Å². The van der Waals surface area contributed by atoms with Crippen LogP contribution in [0.5, 0.6) is 5.88 Å². The molecule has 0 aliphatic carbocycles. The lowest BCUT2D eigenvalue weighted by Gasteiger charge is -2.06. The number of carbonyl (C=O) groups excluding carboxylic acids is 3. The number of nitrogens with two attached hydrogens (primary N) is 1. The molecule has 0 aliphatic rings. The Morgan fingerprint density at radius 1 is 1.04 bits per heavy atom. The van der Waals surface area contributed by atoms with Gasteiger partial charge in [0.15, 0.2) is 5.78 Å². The fraction of sp³-hybridized carbons (Fsp3) is 0.0556. The Balaban J connectivity index is 2.26. The van der Waals surface area contributed by atoms with Gasteiger partial charge < -0.3 is 16.2 Å². The smallest absolute Gasteiger partial charge is 0.326 e. The fourth-order valence-corrected chi connectivity index (χ4v) is 2.77. The number of Topliss-reactive ketones (excluding diaryl/α,β-unsaturated/α-hetero) is 1. The molecule has 0 saturated carbocycles. The monoisotopic (exact) mass is 337 g/mol. The van der Waals surface area contributed by atoms with Gasteiger partial charge in [0.25, 0.3) is 5.91 Å². The number of ketones is 1. The minimum Gasteiger partial charge on any atom is -0.494 e. The number of nitrogens with zero attached hydrogens (tertiary/aromatic N) is 1. The van der Waals surface area contributed by atoms with Crippen molar-refractivity contribution in [3.63, 3.8) is 0 Å². The van der Waals surface area contributed by atoms with Crippen LogP contribution in [0.15, 0.2) is 48.5 Å². The van der Waals surface area contributed by atoms with E-state index in [0.29, 0.717) is 5.69 Å². The molecule has 0 atom stereocenters. The van der Waals surface area contributed by atoms with Crippen LogP contribution in [0, 0.1) is 0 Å².